The Morgan fingerprint density at radius 2 is 1.21 bits per heavy atom. The lowest BCUT2D eigenvalue weighted by Gasteiger charge is -2.63. The van der Waals surface area contributed by atoms with E-state index in [1.807, 2.05) is 6.92 Å². The van der Waals surface area contributed by atoms with Crippen LogP contribution in [0.2, 0.25) is 0 Å². The van der Waals surface area contributed by atoms with Crippen LogP contribution in [0.5, 0.6) is 0 Å². The lowest BCUT2D eigenvalue weighted by atomic mass is 9.43. The second kappa shape index (κ2) is 12.3. The van der Waals surface area contributed by atoms with Crippen LogP contribution in [-0.4, -0.2) is 57.2 Å². The standard InChI is InChI=1S/C28H50O12S3/c1-16(2)17(3)7-8-18(4)20-9-10-21-19-13-24(38-41(29,30)31)23-14-25(39-42(32,33)34)26(40-43(35,36)37)15-28(23,6)22(19)11-12-27(20,21)5/h16-26H,7-15H2,1-6H3,(H,29,30,31)(H,32,33,34)(H,35,36,37)/t17-,18+,19-,20+,21-,22-,23?,24?,25?,26?,27+,28+/m0/s1. The predicted molar refractivity (Wildman–Crippen MR) is 158 cm³/mol. The monoisotopic (exact) mass is 674 g/mol. The van der Waals surface area contributed by atoms with Crippen molar-refractivity contribution in [3.63, 3.8) is 0 Å². The number of hydrogen-bond acceptors (Lipinski definition) is 9. The summed E-state index contributed by atoms with van der Waals surface area (Å²) in [5.74, 6) is 1.84. The molecule has 12 nitrogen and oxygen atoms in total. The molecule has 0 spiro atoms. The van der Waals surface area contributed by atoms with Gasteiger partial charge in [-0.2, -0.15) is 25.3 Å². The second-order valence-corrected chi connectivity index (χ2v) is 18.0. The van der Waals surface area contributed by atoms with Crippen LogP contribution in [0.25, 0.3) is 0 Å². The summed E-state index contributed by atoms with van der Waals surface area (Å²) >= 11 is 0. The lowest BCUT2D eigenvalue weighted by Crippen LogP contribution is -2.62. The molecule has 43 heavy (non-hydrogen) atoms. The molecule has 4 rings (SSSR count). The Balaban J connectivity index is 1.67. The van der Waals surface area contributed by atoms with Crippen molar-refractivity contribution in [3.05, 3.63) is 0 Å². The van der Waals surface area contributed by atoms with Crippen molar-refractivity contribution >= 4 is 31.2 Å². The lowest BCUT2D eigenvalue weighted by molar-refractivity contribution is -0.184. The van der Waals surface area contributed by atoms with Crippen molar-refractivity contribution in [1.29, 1.82) is 0 Å². The molecule has 4 fully saturated rings. The molecule has 0 heterocycles. The summed E-state index contributed by atoms with van der Waals surface area (Å²) in [5.41, 5.74) is -0.798. The minimum absolute atomic E-state index is 0.00367. The molecule has 0 amide bonds. The smallest absolute Gasteiger partial charge is 0.264 e. The highest BCUT2D eigenvalue weighted by Gasteiger charge is 2.65. The zero-order valence-corrected chi connectivity index (χ0v) is 28.4. The normalized spacial score (nSPS) is 41.7. The first kappa shape index (κ1) is 35.5. The largest absolute Gasteiger partial charge is 0.397 e. The summed E-state index contributed by atoms with van der Waals surface area (Å²) in [6, 6.07) is 0. The van der Waals surface area contributed by atoms with Crippen LogP contribution in [-0.2, 0) is 43.7 Å². The SMILES string of the molecule is CC(C)[C@@H](C)CC[C@@H](C)[C@H]1CC[C@H]2[C@@H]3CC(OS(=O)(=O)O)C4CC(OS(=O)(=O)O)C(OS(=O)(=O)O)C[C@]4(C)[C@H]3CC[C@]12C. The van der Waals surface area contributed by atoms with Crippen molar-refractivity contribution in [2.24, 2.45) is 58.2 Å². The van der Waals surface area contributed by atoms with Crippen LogP contribution in [0.3, 0.4) is 0 Å². The van der Waals surface area contributed by atoms with Gasteiger partial charge < -0.3 is 0 Å². The van der Waals surface area contributed by atoms with Crippen LogP contribution < -0.4 is 0 Å². The summed E-state index contributed by atoms with van der Waals surface area (Å²) in [4.78, 5) is 0. The van der Waals surface area contributed by atoms with Crippen molar-refractivity contribution in [1.82, 2.24) is 0 Å². The molecule has 0 aromatic heterocycles. The topological polar surface area (TPSA) is 191 Å². The molecule has 3 N–H and O–H groups in total. The fourth-order valence-electron chi connectivity index (χ4n) is 10.1. The molecule has 4 unspecified atom stereocenters. The van der Waals surface area contributed by atoms with Gasteiger partial charge in [0.15, 0.2) is 0 Å². The van der Waals surface area contributed by atoms with E-state index in [-0.39, 0.29) is 36.0 Å². The molecule has 4 saturated carbocycles. The van der Waals surface area contributed by atoms with Crippen LogP contribution >= 0.6 is 0 Å². The quantitative estimate of drug-likeness (QED) is 0.245. The van der Waals surface area contributed by atoms with Crippen LogP contribution in [0, 0.1) is 58.2 Å². The summed E-state index contributed by atoms with van der Waals surface area (Å²) < 4.78 is 114. The van der Waals surface area contributed by atoms with E-state index < -0.39 is 60.8 Å². The van der Waals surface area contributed by atoms with Gasteiger partial charge >= 0.3 is 31.2 Å². The second-order valence-electron chi connectivity index (χ2n) is 14.9. The Morgan fingerprint density at radius 3 is 1.77 bits per heavy atom. The Labute approximate surface area is 257 Å². The maximum absolute atomic E-state index is 12.0. The van der Waals surface area contributed by atoms with Crippen molar-refractivity contribution in [2.75, 3.05) is 0 Å². The third-order valence-electron chi connectivity index (χ3n) is 12.3. The van der Waals surface area contributed by atoms with E-state index in [0.29, 0.717) is 30.1 Å². The molecule has 0 saturated heterocycles. The minimum Gasteiger partial charge on any atom is -0.264 e. The predicted octanol–water partition coefficient (Wildman–Crippen LogP) is 5.14. The van der Waals surface area contributed by atoms with Gasteiger partial charge in [-0.1, -0.05) is 54.4 Å². The average Bonchev–Trinajstić information content (AvgIpc) is 3.18. The highest BCUT2D eigenvalue weighted by Crippen LogP contribution is 2.69. The number of rotatable bonds is 11. The first-order chi connectivity index (χ1) is 19.5. The van der Waals surface area contributed by atoms with E-state index in [4.69, 9.17) is 12.5 Å². The zero-order valence-electron chi connectivity index (χ0n) is 26.0. The van der Waals surface area contributed by atoms with Gasteiger partial charge in [0.2, 0.25) is 0 Å². The van der Waals surface area contributed by atoms with Crippen molar-refractivity contribution in [2.45, 2.75) is 118 Å². The fraction of sp³-hybridized carbons (Fsp3) is 1.00. The molecule has 4 aliphatic carbocycles. The van der Waals surface area contributed by atoms with Crippen LogP contribution in [0.1, 0.15) is 99.3 Å². The molecule has 0 aliphatic heterocycles. The van der Waals surface area contributed by atoms with Gasteiger partial charge in [-0.05, 0) is 103 Å². The number of hydrogen-bond donors (Lipinski definition) is 3. The van der Waals surface area contributed by atoms with E-state index in [9.17, 15) is 38.9 Å². The molecule has 0 radical (unpaired) electrons. The van der Waals surface area contributed by atoms with Crippen molar-refractivity contribution < 1.29 is 51.5 Å². The summed E-state index contributed by atoms with van der Waals surface area (Å²) in [5, 5.41) is 0. The maximum Gasteiger partial charge on any atom is 0.397 e. The van der Waals surface area contributed by atoms with Gasteiger partial charge in [0, 0.05) is 0 Å². The van der Waals surface area contributed by atoms with E-state index in [1.54, 1.807) is 0 Å². The van der Waals surface area contributed by atoms with E-state index in [2.05, 4.69) is 34.6 Å². The van der Waals surface area contributed by atoms with Gasteiger partial charge in [0.05, 0.1) is 6.10 Å². The van der Waals surface area contributed by atoms with Crippen molar-refractivity contribution in [3.8, 4) is 0 Å². The maximum atomic E-state index is 12.0. The van der Waals surface area contributed by atoms with E-state index in [1.165, 1.54) is 0 Å². The fourth-order valence-corrected chi connectivity index (χ4v) is 11.6. The molecule has 12 atom stereocenters. The van der Waals surface area contributed by atoms with Gasteiger partial charge in [-0.15, -0.1) is 0 Å². The molecular weight excluding hydrogens is 624 g/mol. The molecule has 252 valence electrons. The van der Waals surface area contributed by atoms with Crippen LogP contribution in [0.15, 0.2) is 0 Å². The summed E-state index contributed by atoms with van der Waals surface area (Å²) in [6.07, 6.45) is 1.99. The van der Waals surface area contributed by atoms with Gasteiger partial charge in [0.25, 0.3) is 0 Å². The highest BCUT2D eigenvalue weighted by atomic mass is 32.3. The molecule has 15 heteroatoms. The first-order valence-corrected chi connectivity index (χ1v) is 19.6. The van der Waals surface area contributed by atoms with Crippen LogP contribution in [0.4, 0.5) is 0 Å². The Morgan fingerprint density at radius 1 is 0.674 bits per heavy atom. The third-order valence-corrected chi connectivity index (χ3v) is 13.8. The van der Waals surface area contributed by atoms with E-state index >= 15 is 0 Å². The Kier molecular flexibility index (Phi) is 10.2. The third kappa shape index (κ3) is 7.78. The first-order valence-electron chi connectivity index (χ1n) is 15.5. The van der Waals surface area contributed by atoms with Gasteiger partial charge in [0.1, 0.15) is 12.2 Å². The summed E-state index contributed by atoms with van der Waals surface area (Å²) in [7, 11) is -15.0. The zero-order chi connectivity index (χ0) is 32.3. The Bertz CT molecular complexity index is 1330. The molecule has 0 aromatic rings. The summed E-state index contributed by atoms with van der Waals surface area (Å²) in [6.45, 7) is 13.4. The molecule has 0 aromatic carbocycles. The average molecular weight is 675 g/mol. The van der Waals surface area contributed by atoms with Gasteiger partial charge in [-0.3, -0.25) is 13.7 Å². The number of fused-ring (bicyclic) bond motifs is 5. The molecule has 0 bridgehead atoms. The highest BCUT2D eigenvalue weighted by molar-refractivity contribution is 7.81. The minimum atomic E-state index is -5.06. The molecule has 4 aliphatic rings. The van der Waals surface area contributed by atoms with E-state index in [0.717, 1.165) is 38.5 Å². The molecular formula is C28H50O12S3. The van der Waals surface area contributed by atoms with Gasteiger partial charge in [-0.25, -0.2) is 12.5 Å². The Hall–Kier alpha value is -0.390.